The Morgan fingerprint density at radius 2 is 1.77 bits per heavy atom. The van der Waals surface area contributed by atoms with Crippen molar-refractivity contribution in [1.82, 2.24) is 19.9 Å². The van der Waals surface area contributed by atoms with Crippen LogP contribution in [0.3, 0.4) is 0 Å². The van der Waals surface area contributed by atoms with E-state index in [1.807, 2.05) is 4.57 Å². The number of carboxylic acid groups (broad SMARTS) is 1. The highest BCUT2D eigenvalue weighted by atomic mass is 32.1. The van der Waals surface area contributed by atoms with Crippen molar-refractivity contribution in [2.75, 3.05) is 7.05 Å². The topological polar surface area (TPSA) is 106 Å². The van der Waals surface area contributed by atoms with Crippen molar-refractivity contribution in [1.29, 1.82) is 0 Å². The quantitative estimate of drug-likeness (QED) is 0.184. The fourth-order valence-electron chi connectivity index (χ4n) is 5.76. The van der Waals surface area contributed by atoms with Gasteiger partial charge in [0.25, 0.3) is 5.91 Å². The largest absolute Gasteiger partial charge is 0.485 e. The number of carboxylic acids is 1. The van der Waals surface area contributed by atoms with Crippen molar-refractivity contribution in [3.05, 3.63) is 87.7 Å². The van der Waals surface area contributed by atoms with Crippen LogP contribution in [-0.4, -0.2) is 38.6 Å². The van der Waals surface area contributed by atoms with Gasteiger partial charge < -0.3 is 19.7 Å². The van der Waals surface area contributed by atoms with E-state index in [2.05, 4.69) is 10.3 Å². The van der Waals surface area contributed by atoms with E-state index in [0.717, 1.165) is 49.0 Å². The molecule has 2 heterocycles. The maximum atomic E-state index is 15.9. The van der Waals surface area contributed by atoms with E-state index in [9.17, 15) is 19.1 Å². The molecule has 8 nitrogen and oxygen atoms in total. The molecular weight excluding hydrogens is 586 g/mol. The van der Waals surface area contributed by atoms with Gasteiger partial charge in [-0.25, -0.2) is 23.5 Å². The Morgan fingerprint density at radius 1 is 1.02 bits per heavy atom. The van der Waals surface area contributed by atoms with Gasteiger partial charge in [0.05, 0.1) is 32.7 Å². The van der Waals surface area contributed by atoms with Gasteiger partial charge in [-0.15, -0.1) is 11.3 Å². The number of rotatable bonds is 8. The summed E-state index contributed by atoms with van der Waals surface area (Å²) in [4.78, 5) is 33.8. The van der Waals surface area contributed by atoms with Crippen LogP contribution in [-0.2, 0) is 0 Å². The molecular formula is C33H30F2N4O4S. The monoisotopic (exact) mass is 616 g/mol. The molecule has 0 saturated heterocycles. The predicted molar refractivity (Wildman–Crippen MR) is 164 cm³/mol. The first-order valence-corrected chi connectivity index (χ1v) is 15.3. The summed E-state index contributed by atoms with van der Waals surface area (Å²) < 4.78 is 37.7. The molecule has 226 valence electrons. The number of ether oxygens (including phenoxy) is 1. The van der Waals surface area contributed by atoms with Crippen molar-refractivity contribution >= 4 is 34.2 Å². The third kappa shape index (κ3) is 5.67. The molecule has 1 saturated carbocycles. The van der Waals surface area contributed by atoms with Crippen LogP contribution >= 0.6 is 11.3 Å². The number of aromatic nitrogens is 3. The third-order valence-electron chi connectivity index (χ3n) is 7.93. The summed E-state index contributed by atoms with van der Waals surface area (Å²) in [6, 6.07) is 15.4. The second kappa shape index (κ2) is 12.2. The van der Waals surface area contributed by atoms with Gasteiger partial charge in [0.2, 0.25) is 0 Å². The Labute approximate surface area is 256 Å². The van der Waals surface area contributed by atoms with Crippen LogP contribution in [0.2, 0.25) is 0 Å². The summed E-state index contributed by atoms with van der Waals surface area (Å²) in [6.07, 6.45) is 4.52. The SMILES string of the molecule is CNC(=O)c1nc(-c2ccc(F)cc2)c(C(C)Oc2ccc(-c3nc4cc(C(=O)O)ccc4n3C3CCCCC3)c(F)c2)s1. The number of halogens is 2. The van der Waals surface area contributed by atoms with Crippen molar-refractivity contribution in [3.63, 3.8) is 0 Å². The van der Waals surface area contributed by atoms with E-state index in [0.29, 0.717) is 27.5 Å². The van der Waals surface area contributed by atoms with Gasteiger partial charge in [-0.3, -0.25) is 4.79 Å². The van der Waals surface area contributed by atoms with Gasteiger partial charge in [0, 0.05) is 24.7 Å². The standard InChI is InChI=1S/C33H30F2N4O4S/c1-18(29-28(19-8-11-21(34)12-9-19)38-32(44-29)31(40)36-2)43-23-13-14-24(25(35)17-23)30-37-26-16-20(33(41)42)10-15-27(26)39(30)22-6-4-3-5-7-22/h8-18,22H,3-7H2,1-2H3,(H,36,40)(H,41,42). The maximum Gasteiger partial charge on any atom is 0.335 e. The minimum atomic E-state index is -1.05. The van der Waals surface area contributed by atoms with E-state index in [-0.39, 0.29) is 33.8 Å². The number of amides is 1. The van der Waals surface area contributed by atoms with Crippen molar-refractivity contribution in [2.45, 2.75) is 51.2 Å². The first-order valence-electron chi connectivity index (χ1n) is 14.4. The highest BCUT2D eigenvalue weighted by Gasteiger charge is 2.26. The van der Waals surface area contributed by atoms with Crippen molar-refractivity contribution in [3.8, 4) is 28.4 Å². The number of imidazole rings is 1. The second-order valence-electron chi connectivity index (χ2n) is 10.8. The van der Waals surface area contributed by atoms with Gasteiger partial charge in [-0.05, 0) is 74.4 Å². The number of nitrogens with one attached hydrogen (secondary N) is 1. The number of thiazole rings is 1. The number of fused-ring (bicyclic) bond motifs is 1. The summed E-state index contributed by atoms with van der Waals surface area (Å²) in [5, 5.41) is 12.3. The Balaban J connectivity index is 1.35. The molecule has 2 aromatic heterocycles. The number of carbonyl (C=O) groups excluding carboxylic acids is 1. The van der Waals surface area contributed by atoms with E-state index >= 15 is 4.39 Å². The van der Waals surface area contributed by atoms with Crippen LogP contribution in [0.25, 0.3) is 33.7 Å². The summed E-state index contributed by atoms with van der Waals surface area (Å²) >= 11 is 1.16. The van der Waals surface area contributed by atoms with E-state index < -0.39 is 23.7 Å². The molecule has 0 spiro atoms. The first kappa shape index (κ1) is 29.4. The predicted octanol–water partition coefficient (Wildman–Crippen LogP) is 7.81. The van der Waals surface area contributed by atoms with Gasteiger partial charge in [0.1, 0.15) is 29.3 Å². The average Bonchev–Trinajstić information content (AvgIpc) is 3.64. The highest BCUT2D eigenvalue weighted by molar-refractivity contribution is 7.14. The Kier molecular flexibility index (Phi) is 8.13. The number of nitrogens with zero attached hydrogens (tertiary/aromatic N) is 3. The zero-order chi connectivity index (χ0) is 31.0. The molecule has 11 heteroatoms. The van der Waals surface area contributed by atoms with Gasteiger partial charge >= 0.3 is 5.97 Å². The maximum absolute atomic E-state index is 15.9. The lowest BCUT2D eigenvalue weighted by Crippen LogP contribution is -2.17. The smallest absolute Gasteiger partial charge is 0.335 e. The molecule has 1 atom stereocenters. The number of benzene rings is 3. The molecule has 1 amide bonds. The van der Waals surface area contributed by atoms with Crippen molar-refractivity contribution in [2.24, 2.45) is 0 Å². The van der Waals surface area contributed by atoms with Crippen LogP contribution in [0.1, 0.15) is 76.2 Å². The Morgan fingerprint density at radius 3 is 2.45 bits per heavy atom. The Bertz CT molecular complexity index is 1860. The molecule has 1 fully saturated rings. The molecule has 5 aromatic rings. The molecule has 1 aliphatic rings. The van der Waals surface area contributed by atoms with E-state index in [1.54, 1.807) is 43.3 Å². The van der Waals surface area contributed by atoms with Crippen LogP contribution in [0.5, 0.6) is 5.75 Å². The molecule has 1 unspecified atom stereocenters. The number of aromatic carboxylic acids is 1. The molecule has 0 aliphatic heterocycles. The zero-order valence-electron chi connectivity index (χ0n) is 24.1. The summed E-state index contributed by atoms with van der Waals surface area (Å²) in [7, 11) is 1.51. The molecule has 1 aliphatic carbocycles. The van der Waals surface area contributed by atoms with Gasteiger partial charge in [-0.2, -0.15) is 0 Å². The number of hydrogen-bond donors (Lipinski definition) is 2. The molecule has 3 aromatic carbocycles. The number of hydrogen-bond acceptors (Lipinski definition) is 6. The first-order chi connectivity index (χ1) is 21.2. The van der Waals surface area contributed by atoms with Gasteiger partial charge in [-0.1, -0.05) is 19.3 Å². The van der Waals surface area contributed by atoms with Crippen LogP contribution < -0.4 is 10.1 Å². The zero-order valence-corrected chi connectivity index (χ0v) is 25.0. The van der Waals surface area contributed by atoms with E-state index in [1.165, 1.54) is 31.3 Å². The Hall–Kier alpha value is -4.64. The molecule has 0 bridgehead atoms. The minimum absolute atomic E-state index is 0.123. The molecule has 0 radical (unpaired) electrons. The molecule has 2 N–H and O–H groups in total. The summed E-state index contributed by atoms with van der Waals surface area (Å²) in [5.41, 5.74) is 2.80. The van der Waals surface area contributed by atoms with Crippen LogP contribution in [0, 0.1) is 11.6 Å². The van der Waals surface area contributed by atoms with Crippen LogP contribution in [0.4, 0.5) is 8.78 Å². The highest BCUT2D eigenvalue weighted by Crippen LogP contribution is 2.39. The normalized spacial score (nSPS) is 14.5. The fraction of sp³-hybridized carbons (Fsp3) is 0.273. The third-order valence-corrected chi connectivity index (χ3v) is 9.15. The molecule has 44 heavy (non-hydrogen) atoms. The fourth-order valence-corrected chi connectivity index (χ4v) is 6.78. The second-order valence-corrected chi connectivity index (χ2v) is 11.9. The lowest BCUT2D eigenvalue weighted by molar-refractivity contribution is 0.0696. The lowest BCUT2D eigenvalue weighted by atomic mass is 9.94. The van der Waals surface area contributed by atoms with Gasteiger partial charge in [0.15, 0.2) is 5.01 Å². The minimum Gasteiger partial charge on any atom is -0.485 e. The lowest BCUT2D eigenvalue weighted by Gasteiger charge is -2.26. The number of carbonyl (C=O) groups is 2. The van der Waals surface area contributed by atoms with Crippen LogP contribution in [0.15, 0.2) is 60.7 Å². The molecule has 6 rings (SSSR count). The average molecular weight is 617 g/mol. The van der Waals surface area contributed by atoms with E-state index in [4.69, 9.17) is 9.72 Å². The van der Waals surface area contributed by atoms with Crippen molar-refractivity contribution < 1.29 is 28.2 Å². The summed E-state index contributed by atoms with van der Waals surface area (Å²) in [6.45, 7) is 1.78. The summed E-state index contributed by atoms with van der Waals surface area (Å²) in [5.74, 6) is -1.61.